The van der Waals surface area contributed by atoms with Gasteiger partial charge in [0.25, 0.3) is 5.91 Å². The number of carbonyl (C=O) groups is 1. The van der Waals surface area contributed by atoms with Crippen LogP contribution in [0.5, 0.6) is 0 Å². The Labute approximate surface area is 131 Å². The second kappa shape index (κ2) is 5.94. The van der Waals surface area contributed by atoms with Crippen LogP contribution >= 0.6 is 43.5 Å². The van der Waals surface area contributed by atoms with Crippen molar-refractivity contribution < 1.29 is 4.79 Å². The first-order valence-electron chi connectivity index (χ1n) is 5.09. The molecule has 0 fully saturated rings. The van der Waals surface area contributed by atoms with Crippen molar-refractivity contribution in [2.75, 3.05) is 5.32 Å². The number of hydrogen-bond donors (Lipinski definition) is 1. The van der Waals surface area contributed by atoms with Crippen LogP contribution in [0, 0.1) is 6.92 Å². The third kappa shape index (κ3) is 3.49. The molecule has 0 unspecified atom stereocenters. The molecule has 5 nitrogen and oxygen atoms in total. The van der Waals surface area contributed by atoms with Gasteiger partial charge >= 0.3 is 0 Å². The molecule has 19 heavy (non-hydrogen) atoms. The number of rotatable bonds is 2. The topological polar surface area (TPSA) is 67.8 Å². The first-order chi connectivity index (χ1) is 8.97. The van der Waals surface area contributed by atoms with Crippen LogP contribution in [0.25, 0.3) is 0 Å². The summed E-state index contributed by atoms with van der Waals surface area (Å²) in [5, 5.41) is 2.95. The number of aromatic nitrogens is 3. The van der Waals surface area contributed by atoms with E-state index in [-0.39, 0.29) is 5.56 Å². The van der Waals surface area contributed by atoms with E-state index in [0.29, 0.717) is 20.0 Å². The maximum absolute atomic E-state index is 12.0. The van der Waals surface area contributed by atoms with Gasteiger partial charge < -0.3 is 5.32 Å². The van der Waals surface area contributed by atoms with Crippen molar-refractivity contribution in [1.29, 1.82) is 0 Å². The minimum absolute atomic E-state index is 0.281. The highest BCUT2D eigenvalue weighted by Gasteiger charge is 2.14. The van der Waals surface area contributed by atoms with Gasteiger partial charge in [-0.25, -0.2) is 9.97 Å². The van der Waals surface area contributed by atoms with Gasteiger partial charge in [-0.2, -0.15) is 0 Å². The summed E-state index contributed by atoms with van der Waals surface area (Å²) in [5.74, 6) is -0.0836. The van der Waals surface area contributed by atoms with Crippen molar-refractivity contribution in [3.05, 3.63) is 43.9 Å². The highest BCUT2D eigenvalue weighted by atomic mass is 79.9. The Kier molecular flexibility index (Phi) is 4.49. The highest BCUT2D eigenvalue weighted by Crippen LogP contribution is 2.22. The lowest BCUT2D eigenvalue weighted by molar-refractivity contribution is 0.102. The van der Waals surface area contributed by atoms with Gasteiger partial charge in [-0.15, -0.1) is 0 Å². The highest BCUT2D eigenvalue weighted by molar-refractivity contribution is 9.11. The Morgan fingerprint density at radius 2 is 2.05 bits per heavy atom. The number of pyridine rings is 1. The van der Waals surface area contributed by atoms with Crippen LogP contribution in [0.15, 0.2) is 27.7 Å². The zero-order valence-electron chi connectivity index (χ0n) is 9.62. The fraction of sp³-hybridized carbons (Fsp3) is 0.0909. The molecule has 0 saturated carbocycles. The molecule has 1 N–H and O–H groups in total. The monoisotopic (exact) mass is 404 g/mol. The third-order valence-corrected chi connectivity index (χ3v) is 3.41. The van der Waals surface area contributed by atoms with Gasteiger partial charge in [0, 0.05) is 11.9 Å². The van der Waals surface area contributed by atoms with Crippen molar-refractivity contribution in [3.8, 4) is 0 Å². The summed E-state index contributed by atoms with van der Waals surface area (Å²) in [7, 11) is 0. The van der Waals surface area contributed by atoms with Crippen molar-refractivity contribution in [2.24, 2.45) is 0 Å². The lowest BCUT2D eigenvalue weighted by Gasteiger charge is -2.07. The van der Waals surface area contributed by atoms with Crippen molar-refractivity contribution in [1.82, 2.24) is 15.0 Å². The summed E-state index contributed by atoms with van der Waals surface area (Å²) in [6.45, 7) is 1.80. The molecule has 0 bridgehead atoms. The third-order valence-electron chi connectivity index (χ3n) is 2.17. The largest absolute Gasteiger partial charge is 0.304 e. The van der Waals surface area contributed by atoms with Gasteiger partial charge in [0.15, 0.2) is 5.82 Å². The molecule has 2 heterocycles. The van der Waals surface area contributed by atoms with E-state index in [4.69, 9.17) is 11.6 Å². The summed E-state index contributed by atoms with van der Waals surface area (Å²) in [6, 6.07) is 1.62. The average molecular weight is 406 g/mol. The Hall–Kier alpha value is -1.05. The predicted octanol–water partition coefficient (Wildman–Crippen LogP) is 3.61. The second-order valence-corrected chi connectivity index (χ2v) is 5.56. The van der Waals surface area contributed by atoms with Gasteiger partial charge in [0.05, 0.1) is 16.8 Å². The molecule has 0 saturated heterocycles. The molecule has 0 aliphatic heterocycles. The molecule has 0 radical (unpaired) electrons. The average Bonchev–Trinajstić information content (AvgIpc) is 2.32. The number of halogens is 3. The van der Waals surface area contributed by atoms with Crippen LogP contribution < -0.4 is 5.32 Å². The SMILES string of the molecule is Cc1cc(Cl)c(C(=O)Nc2ncc(Br)nc2Br)cn1. The fourth-order valence-electron chi connectivity index (χ4n) is 1.30. The summed E-state index contributed by atoms with van der Waals surface area (Å²) < 4.78 is 0.985. The van der Waals surface area contributed by atoms with Gasteiger partial charge in [0.2, 0.25) is 0 Å². The summed E-state index contributed by atoms with van der Waals surface area (Å²) in [5.41, 5.74) is 1.02. The van der Waals surface area contributed by atoms with E-state index in [9.17, 15) is 4.79 Å². The number of amides is 1. The first kappa shape index (κ1) is 14.4. The molecule has 8 heteroatoms. The van der Waals surface area contributed by atoms with E-state index in [1.165, 1.54) is 12.4 Å². The Morgan fingerprint density at radius 1 is 1.32 bits per heavy atom. The molecular weight excluding hydrogens is 399 g/mol. The van der Waals surface area contributed by atoms with Gasteiger partial charge in [-0.05, 0) is 44.8 Å². The van der Waals surface area contributed by atoms with E-state index < -0.39 is 5.91 Å². The molecule has 2 rings (SSSR count). The van der Waals surface area contributed by atoms with E-state index >= 15 is 0 Å². The lowest BCUT2D eigenvalue weighted by Crippen LogP contribution is -2.15. The maximum atomic E-state index is 12.0. The normalized spacial score (nSPS) is 10.3. The van der Waals surface area contributed by atoms with Crippen molar-refractivity contribution in [3.63, 3.8) is 0 Å². The lowest BCUT2D eigenvalue weighted by atomic mass is 10.2. The number of nitrogens with one attached hydrogen (secondary N) is 1. The number of hydrogen-bond acceptors (Lipinski definition) is 4. The molecule has 0 spiro atoms. The molecule has 2 aromatic rings. The second-order valence-electron chi connectivity index (χ2n) is 3.59. The van der Waals surface area contributed by atoms with Crippen LogP contribution in [0.2, 0.25) is 5.02 Å². The van der Waals surface area contributed by atoms with E-state index in [1.807, 2.05) is 0 Å². The van der Waals surface area contributed by atoms with Crippen LogP contribution in [0.3, 0.4) is 0 Å². The van der Waals surface area contributed by atoms with Gasteiger partial charge in [0.1, 0.15) is 9.21 Å². The van der Waals surface area contributed by atoms with E-state index in [1.54, 1.807) is 13.0 Å². The maximum Gasteiger partial charge on any atom is 0.259 e. The van der Waals surface area contributed by atoms with Gasteiger partial charge in [-0.3, -0.25) is 9.78 Å². The Balaban J connectivity index is 2.25. The van der Waals surface area contributed by atoms with Crippen LogP contribution in [-0.2, 0) is 0 Å². The molecule has 1 amide bonds. The summed E-state index contributed by atoms with van der Waals surface area (Å²) >= 11 is 12.4. The Morgan fingerprint density at radius 3 is 2.68 bits per heavy atom. The molecule has 2 aromatic heterocycles. The van der Waals surface area contributed by atoms with Crippen molar-refractivity contribution in [2.45, 2.75) is 6.92 Å². The standard InChI is InChI=1S/C11H7Br2ClN4O/c1-5-2-7(14)6(3-15-5)11(19)18-10-9(13)17-8(12)4-16-10/h2-4H,1H3,(H,16,18,19). The van der Waals surface area contributed by atoms with Crippen molar-refractivity contribution >= 4 is 55.2 Å². The van der Waals surface area contributed by atoms with E-state index in [0.717, 1.165) is 5.69 Å². The zero-order chi connectivity index (χ0) is 14.0. The van der Waals surface area contributed by atoms with Crippen LogP contribution in [0.4, 0.5) is 5.82 Å². The Bertz CT molecular complexity index is 651. The smallest absolute Gasteiger partial charge is 0.259 e. The fourth-order valence-corrected chi connectivity index (χ4v) is 2.50. The van der Waals surface area contributed by atoms with Gasteiger partial charge in [-0.1, -0.05) is 11.6 Å². The number of anilines is 1. The number of carbonyl (C=O) groups excluding carboxylic acids is 1. The van der Waals surface area contributed by atoms with E-state index in [2.05, 4.69) is 52.1 Å². The molecule has 0 atom stereocenters. The molecule has 0 aliphatic carbocycles. The first-order valence-corrected chi connectivity index (χ1v) is 7.05. The minimum atomic E-state index is -0.394. The molecule has 98 valence electrons. The minimum Gasteiger partial charge on any atom is -0.304 e. The number of aryl methyl sites for hydroxylation is 1. The molecule has 0 aliphatic rings. The number of nitrogens with zero attached hydrogens (tertiary/aromatic N) is 3. The summed E-state index contributed by atoms with van der Waals surface area (Å²) in [4.78, 5) is 24.2. The molecule has 0 aromatic carbocycles. The quantitative estimate of drug-likeness (QED) is 0.827. The zero-order valence-corrected chi connectivity index (χ0v) is 13.5. The summed E-state index contributed by atoms with van der Waals surface area (Å²) in [6.07, 6.45) is 2.91. The predicted molar refractivity (Wildman–Crippen MR) is 79.4 cm³/mol. The molecular formula is C11H7Br2ClN4O. The van der Waals surface area contributed by atoms with Crippen LogP contribution in [-0.4, -0.2) is 20.9 Å². The van der Waals surface area contributed by atoms with Crippen LogP contribution in [0.1, 0.15) is 16.1 Å².